The first-order valence-electron chi connectivity index (χ1n) is 6.88. The van der Waals surface area contributed by atoms with E-state index in [1.165, 1.54) is 12.1 Å². The summed E-state index contributed by atoms with van der Waals surface area (Å²) in [6.45, 7) is 1.91. The number of phenols is 1. The SMILES string of the molecule is Cc1ccc(NC(=O)/C(C#N)=C\c2ccc(O)c([N+](=O)[O-])c2)cc1. The summed E-state index contributed by atoms with van der Waals surface area (Å²) in [7, 11) is 0. The van der Waals surface area contributed by atoms with Crippen molar-refractivity contribution < 1.29 is 14.8 Å². The standard InChI is InChI=1S/C17H13N3O4/c1-11-2-5-14(6-3-11)19-17(22)13(10-18)8-12-4-7-16(21)15(9-12)20(23)24/h2-9,21H,1H3,(H,19,22)/b13-8-. The Bertz CT molecular complexity index is 864. The fourth-order valence-corrected chi connectivity index (χ4v) is 1.93. The molecule has 1 amide bonds. The average Bonchev–Trinajstić information content (AvgIpc) is 2.55. The predicted molar refractivity (Wildman–Crippen MR) is 88.2 cm³/mol. The molecule has 0 bridgehead atoms. The average molecular weight is 323 g/mol. The molecule has 0 aliphatic rings. The van der Waals surface area contributed by atoms with Crippen molar-refractivity contribution in [3.05, 3.63) is 69.3 Å². The lowest BCUT2D eigenvalue weighted by molar-refractivity contribution is -0.385. The van der Waals surface area contributed by atoms with Gasteiger partial charge in [-0.2, -0.15) is 5.26 Å². The molecule has 0 aliphatic carbocycles. The number of nitro groups is 1. The molecule has 0 saturated carbocycles. The van der Waals surface area contributed by atoms with Crippen LogP contribution >= 0.6 is 0 Å². The van der Waals surface area contributed by atoms with Crippen LogP contribution < -0.4 is 5.32 Å². The lowest BCUT2D eigenvalue weighted by Crippen LogP contribution is -2.13. The highest BCUT2D eigenvalue weighted by Crippen LogP contribution is 2.27. The zero-order valence-corrected chi connectivity index (χ0v) is 12.7. The van der Waals surface area contributed by atoms with E-state index in [2.05, 4.69) is 5.32 Å². The molecule has 0 fully saturated rings. The van der Waals surface area contributed by atoms with Crippen LogP contribution in [0.5, 0.6) is 5.75 Å². The van der Waals surface area contributed by atoms with Crippen molar-refractivity contribution in [2.75, 3.05) is 5.32 Å². The molecule has 2 aromatic carbocycles. The number of nitro benzene ring substituents is 1. The second-order valence-corrected chi connectivity index (χ2v) is 5.00. The van der Waals surface area contributed by atoms with Crippen molar-refractivity contribution in [3.63, 3.8) is 0 Å². The van der Waals surface area contributed by atoms with Crippen molar-refractivity contribution in [1.82, 2.24) is 0 Å². The molecule has 0 aromatic heterocycles. The molecule has 7 nitrogen and oxygen atoms in total. The van der Waals surface area contributed by atoms with Crippen molar-refractivity contribution in [3.8, 4) is 11.8 Å². The summed E-state index contributed by atoms with van der Waals surface area (Å²) in [5, 5.41) is 32.0. The Kier molecular flexibility index (Phi) is 4.92. The number of aromatic hydroxyl groups is 1. The van der Waals surface area contributed by atoms with Crippen LogP contribution in [0, 0.1) is 28.4 Å². The predicted octanol–water partition coefficient (Wildman–Crippen LogP) is 3.15. The third-order valence-corrected chi connectivity index (χ3v) is 3.18. The quantitative estimate of drug-likeness (QED) is 0.388. The molecule has 0 spiro atoms. The number of carbonyl (C=O) groups excluding carboxylic acids is 1. The number of rotatable bonds is 4. The molecular formula is C17H13N3O4. The van der Waals surface area contributed by atoms with Gasteiger partial charge in [-0.25, -0.2) is 0 Å². The van der Waals surface area contributed by atoms with E-state index in [-0.39, 0.29) is 11.1 Å². The molecule has 0 unspecified atom stereocenters. The topological polar surface area (TPSA) is 116 Å². The maximum absolute atomic E-state index is 12.1. The molecule has 0 aliphatic heterocycles. The molecule has 120 valence electrons. The van der Waals surface area contributed by atoms with Crippen LogP contribution in [0.15, 0.2) is 48.0 Å². The molecule has 24 heavy (non-hydrogen) atoms. The number of phenolic OH excluding ortho intramolecular Hbond substituents is 1. The molecule has 7 heteroatoms. The summed E-state index contributed by atoms with van der Waals surface area (Å²) in [4.78, 5) is 22.2. The van der Waals surface area contributed by atoms with Gasteiger partial charge in [-0.3, -0.25) is 14.9 Å². The van der Waals surface area contributed by atoms with Gasteiger partial charge in [0.05, 0.1) is 4.92 Å². The molecule has 2 rings (SSSR count). The van der Waals surface area contributed by atoms with Crippen LogP contribution in [-0.4, -0.2) is 15.9 Å². The van der Waals surface area contributed by atoms with Crippen molar-refractivity contribution in [1.29, 1.82) is 5.26 Å². The second kappa shape index (κ2) is 7.07. The van der Waals surface area contributed by atoms with E-state index in [4.69, 9.17) is 5.26 Å². The molecule has 0 radical (unpaired) electrons. The van der Waals surface area contributed by atoms with Gasteiger partial charge in [0, 0.05) is 11.8 Å². The molecule has 0 saturated heterocycles. The number of nitrogens with zero attached hydrogens (tertiary/aromatic N) is 2. The lowest BCUT2D eigenvalue weighted by Gasteiger charge is -2.05. The molecular weight excluding hydrogens is 310 g/mol. The van der Waals surface area contributed by atoms with Crippen LogP contribution in [0.3, 0.4) is 0 Å². The summed E-state index contributed by atoms with van der Waals surface area (Å²) in [5.41, 5.74) is 1.11. The Hall–Kier alpha value is -3.66. The minimum Gasteiger partial charge on any atom is -0.502 e. The highest BCUT2D eigenvalue weighted by atomic mass is 16.6. The molecule has 2 aromatic rings. The van der Waals surface area contributed by atoms with E-state index >= 15 is 0 Å². The fraction of sp³-hybridized carbons (Fsp3) is 0.0588. The summed E-state index contributed by atoms with van der Waals surface area (Å²) in [5.74, 6) is -1.11. The highest BCUT2D eigenvalue weighted by molar-refractivity contribution is 6.09. The molecule has 0 heterocycles. The normalized spacial score (nSPS) is 10.8. The Morgan fingerprint density at radius 2 is 1.96 bits per heavy atom. The van der Waals surface area contributed by atoms with Crippen molar-refractivity contribution in [2.45, 2.75) is 6.92 Å². The minimum absolute atomic E-state index is 0.212. The summed E-state index contributed by atoms with van der Waals surface area (Å²) < 4.78 is 0. The Morgan fingerprint density at radius 3 is 2.54 bits per heavy atom. The van der Waals surface area contributed by atoms with E-state index in [0.29, 0.717) is 5.69 Å². The zero-order valence-electron chi connectivity index (χ0n) is 12.7. The van der Waals surface area contributed by atoms with E-state index in [9.17, 15) is 20.0 Å². The van der Waals surface area contributed by atoms with Gasteiger partial charge in [0.1, 0.15) is 11.6 Å². The van der Waals surface area contributed by atoms with Gasteiger partial charge < -0.3 is 10.4 Å². The first-order valence-corrected chi connectivity index (χ1v) is 6.88. The van der Waals surface area contributed by atoms with Gasteiger partial charge in [0.15, 0.2) is 5.75 Å². The monoisotopic (exact) mass is 323 g/mol. The molecule has 2 N–H and O–H groups in total. The number of hydrogen-bond acceptors (Lipinski definition) is 5. The first kappa shape index (κ1) is 16.7. The van der Waals surface area contributed by atoms with Gasteiger partial charge in [-0.05, 0) is 36.8 Å². The number of nitriles is 1. The summed E-state index contributed by atoms with van der Waals surface area (Å²) in [6.07, 6.45) is 1.22. The third-order valence-electron chi connectivity index (χ3n) is 3.18. The number of nitrogens with one attached hydrogen (secondary N) is 1. The number of amides is 1. The first-order chi connectivity index (χ1) is 11.4. The van der Waals surface area contributed by atoms with Crippen LogP contribution in [-0.2, 0) is 4.79 Å². The van der Waals surface area contributed by atoms with Gasteiger partial charge >= 0.3 is 5.69 Å². The Labute approximate surface area is 137 Å². The molecule has 0 atom stereocenters. The maximum atomic E-state index is 12.1. The van der Waals surface area contributed by atoms with Crippen molar-refractivity contribution in [2.24, 2.45) is 0 Å². The van der Waals surface area contributed by atoms with Crippen LogP contribution in [0.25, 0.3) is 6.08 Å². The number of benzene rings is 2. The van der Waals surface area contributed by atoms with Crippen LogP contribution in [0.1, 0.15) is 11.1 Å². The number of aryl methyl sites for hydroxylation is 1. The van der Waals surface area contributed by atoms with E-state index < -0.39 is 22.3 Å². The third kappa shape index (κ3) is 3.96. The maximum Gasteiger partial charge on any atom is 0.311 e. The smallest absolute Gasteiger partial charge is 0.311 e. The number of hydrogen-bond donors (Lipinski definition) is 2. The van der Waals surface area contributed by atoms with E-state index in [1.54, 1.807) is 18.2 Å². The van der Waals surface area contributed by atoms with E-state index in [0.717, 1.165) is 17.7 Å². The summed E-state index contributed by atoms with van der Waals surface area (Å²) >= 11 is 0. The Morgan fingerprint density at radius 1 is 1.29 bits per heavy atom. The van der Waals surface area contributed by atoms with Crippen LogP contribution in [0.2, 0.25) is 0 Å². The van der Waals surface area contributed by atoms with Gasteiger partial charge in [0.25, 0.3) is 5.91 Å². The van der Waals surface area contributed by atoms with Gasteiger partial charge in [-0.1, -0.05) is 23.8 Å². The van der Waals surface area contributed by atoms with Gasteiger partial charge in [0.2, 0.25) is 0 Å². The lowest BCUT2D eigenvalue weighted by atomic mass is 10.1. The second-order valence-electron chi connectivity index (χ2n) is 5.00. The number of anilines is 1. The summed E-state index contributed by atoms with van der Waals surface area (Å²) in [6, 6.07) is 12.4. The fourth-order valence-electron chi connectivity index (χ4n) is 1.93. The van der Waals surface area contributed by atoms with Crippen molar-refractivity contribution >= 4 is 23.4 Å². The van der Waals surface area contributed by atoms with Crippen LogP contribution in [0.4, 0.5) is 11.4 Å². The minimum atomic E-state index is -0.745. The highest BCUT2D eigenvalue weighted by Gasteiger charge is 2.15. The largest absolute Gasteiger partial charge is 0.502 e. The zero-order chi connectivity index (χ0) is 17.7. The number of carbonyl (C=O) groups is 1. The van der Waals surface area contributed by atoms with E-state index in [1.807, 2.05) is 19.1 Å². The Balaban J connectivity index is 2.27. The van der Waals surface area contributed by atoms with Gasteiger partial charge in [-0.15, -0.1) is 0 Å².